The normalized spacial score (nSPS) is 33.6. The standard InChI is InChI=1S/2C4H8O.2CH5N.CH4/c2*1-3-4(2)5-3;2*1-2;/h2*3-4H,1-2H3;2*2H2,1H3;1H4. The maximum atomic E-state index is 4.92. The molecule has 0 aromatic carbocycles. The molecule has 0 aromatic heterocycles. The highest BCUT2D eigenvalue weighted by atomic mass is 16.6. The lowest BCUT2D eigenvalue weighted by molar-refractivity contribution is 0.388. The number of hydrogen-bond acceptors (Lipinski definition) is 4. The van der Waals surface area contributed by atoms with Crippen LogP contribution in [-0.2, 0) is 9.47 Å². The van der Waals surface area contributed by atoms with Crippen LogP contribution in [0.15, 0.2) is 0 Å². The van der Waals surface area contributed by atoms with Gasteiger partial charge in [0.1, 0.15) is 0 Å². The third-order valence-electron chi connectivity index (χ3n) is 2.03. The summed E-state index contributed by atoms with van der Waals surface area (Å²) in [6.45, 7) is 8.30. The molecule has 4 N–H and O–H groups in total. The van der Waals surface area contributed by atoms with Crippen molar-refractivity contribution in [1.82, 2.24) is 0 Å². The molecular weight excluding hydrogens is 192 g/mol. The SMILES string of the molecule is C.CC1OC1C.CC1OC1C.CN.CN. The molecule has 15 heavy (non-hydrogen) atoms. The quantitative estimate of drug-likeness (QED) is 0.607. The predicted octanol–water partition coefficient (Wildman–Crippen LogP) is 1.37. The molecule has 0 bridgehead atoms. The molecule has 0 aromatic rings. The largest absolute Gasteiger partial charge is 0.370 e. The maximum absolute atomic E-state index is 4.92. The predicted molar refractivity (Wildman–Crippen MR) is 67.0 cm³/mol. The molecule has 2 aliphatic heterocycles. The molecule has 0 saturated carbocycles. The minimum atomic E-state index is 0. The Morgan fingerprint density at radius 1 is 0.600 bits per heavy atom. The van der Waals surface area contributed by atoms with Crippen molar-refractivity contribution in [2.24, 2.45) is 11.5 Å². The lowest BCUT2D eigenvalue weighted by Gasteiger charge is -1.57. The van der Waals surface area contributed by atoms with E-state index in [0.717, 1.165) is 0 Å². The first-order chi connectivity index (χ1) is 6.61. The van der Waals surface area contributed by atoms with E-state index < -0.39 is 0 Å². The van der Waals surface area contributed by atoms with Crippen LogP contribution < -0.4 is 11.5 Å². The van der Waals surface area contributed by atoms with Crippen LogP contribution in [0.5, 0.6) is 0 Å². The Morgan fingerprint density at radius 2 is 0.667 bits per heavy atom. The van der Waals surface area contributed by atoms with E-state index in [1.807, 2.05) is 0 Å². The Morgan fingerprint density at radius 3 is 0.667 bits per heavy atom. The Labute approximate surface area is 95.3 Å². The molecule has 2 fully saturated rings. The van der Waals surface area contributed by atoms with Crippen LogP contribution in [0.2, 0.25) is 0 Å². The van der Waals surface area contributed by atoms with Crippen molar-refractivity contribution in [3.05, 3.63) is 0 Å². The van der Waals surface area contributed by atoms with Crippen molar-refractivity contribution in [2.75, 3.05) is 14.1 Å². The number of rotatable bonds is 0. The first-order valence-corrected chi connectivity index (χ1v) is 5.07. The van der Waals surface area contributed by atoms with Gasteiger partial charge in [-0.15, -0.1) is 0 Å². The minimum Gasteiger partial charge on any atom is -0.370 e. The molecule has 2 saturated heterocycles. The summed E-state index contributed by atoms with van der Waals surface area (Å²) >= 11 is 0. The number of ether oxygens (including phenoxy) is 2. The molecule has 4 nitrogen and oxygen atoms in total. The van der Waals surface area contributed by atoms with Crippen molar-refractivity contribution in [3.63, 3.8) is 0 Å². The fourth-order valence-electron chi connectivity index (χ4n) is 0.586. The van der Waals surface area contributed by atoms with Gasteiger partial charge in [-0.3, -0.25) is 0 Å². The van der Waals surface area contributed by atoms with Crippen molar-refractivity contribution >= 4 is 0 Å². The average Bonchev–Trinajstić information content (AvgIpc) is 3.05. The summed E-state index contributed by atoms with van der Waals surface area (Å²) in [7, 11) is 3.00. The van der Waals surface area contributed by atoms with Gasteiger partial charge in [-0.25, -0.2) is 0 Å². The van der Waals surface area contributed by atoms with Gasteiger partial charge in [0, 0.05) is 0 Å². The van der Waals surface area contributed by atoms with Crippen LogP contribution in [0.25, 0.3) is 0 Å². The topological polar surface area (TPSA) is 77.1 Å². The Kier molecular flexibility index (Phi) is 16.1. The Bertz CT molecular complexity index is 97.2. The van der Waals surface area contributed by atoms with E-state index in [2.05, 4.69) is 39.2 Å². The molecule has 0 amide bonds. The van der Waals surface area contributed by atoms with E-state index in [0.29, 0.717) is 24.4 Å². The van der Waals surface area contributed by atoms with Crippen LogP contribution in [-0.4, -0.2) is 38.5 Å². The smallest absolute Gasteiger partial charge is 0.0811 e. The highest BCUT2D eigenvalue weighted by Crippen LogP contribution is 2.18. The summed E-state index contributed by atoms with van der Waals surface area (Å²) in [4.78, 5) is 0. The maximum Gasteiger partial charge on any atom is 0.0811 e. The zero-order chi connectivity index (χ0) is 11.7. The molecule has 4 unspecified atom stereocenters. The molecule has 0 radical (unpaired) electrons. The molecule has 96 valence electrons. The van der Waals surface area contributed by atoms with Crippen LogP contribution >= 0.6 is 0 Å². The third kappa shape index (κ3) is 13.8. The van der Waals surface area contributed by atoms with Gasteiger partial charge < -0.3 is 20.9 Å². The summed E-state index contributed by atoms with van der Waals surface area (Å²) in [5, 5.41) is 0. The second-order valence-corrected chi connectivity index (χ2v) is 3.09. The van der Waals surface area contributed by atoms with Crippen molar-refractivity contribution in [2.45, 2.75) is 59.5 Å². The van der Waals surface area contributed by atoms with Gasteiger partial charge in [0.2, 0.25) is 0 Å². The van der Waals surface area contributed by atoms with Crippen molar-refractivity contribution in [1.29, 1.82) is 0 Å². The summed E-state index contributed by atoms with van der Waals surface area (Å²) in [6, 6.07) is 0. The first kappa shape index (κ1) is 20.3. The molecule has 2 heterocycles. The summed E-state index contributed by atoms with van der Waals surface area (Å²) < 4.78 is 9.83. The van der Waals surface area contributed by atoms with Crippen LogP contribution in [0.3, 0.4) is 0 Å². The fraction of sp³-hybridized carbons (Fsp3) is 1.00. The van der Waals surface area contributed by atoms with E-state index in [1.54, 1.807) is 0 Å². The van der Waals surface area contributed by atoms with Gasteiger partial charge in [-0.05, 0) is 41.8 Å². The Balaban J connectivity index is -0.000000138. The zero-order valence-electron chi connectivity index (χ0n) is 10.3. The molecule has 4 atom stereocenters. The molecule has 2 aliphatic rings. The second kappa shape index (κ2) is 11.9. The van der Waals surface area contributed by atoms with Gasteiger partial charge >= 0.3 is 0 Å². The molecule has 4 heteroatoms. The highest BCUT2D eigenvalue weighted by molar-refractivity contribution is 4.73. The monoisotopic (exact) mass is 222 g/mol. The van der Waals surface area contributed by atoms with Crippen LogP contribution in [0.1, 0.15) is 35.1 Å². The van der Waals surface area contributed by atoms with Gasteiger partial charge in [0.25, 0.3) is 0 Å². The molecule has 0 aliphatic carbocycles. The van der Waals surface area contributed by atoms with Gasteiger partial charge in [-0.2, -0.15) is 0 Å². The van der Waals surface area contributed by atoms with E-state index in [9.17, 15) is 0 Å². The van der Waals surface area contributed by atoms with Gasteiger partial charge in [-0.1, -0.05) is 7.43 Å². The lowest BCUT2D eigenvalue weighted by Crippen LogP contribution is -1.74. The third-order valence-corrected chi connectivity index (χ3v) is 2.03. The second-order valence-electron chi connectivity index (χ2n) is 3.09. The number of hydrogen-bond donors (Lipinski definition) is 2. The summed E-state index contributed by atoms with van der Waals surface area (Å²) in [6.07, 6.45) is 2.20. The lowest BCUT2D eigenvalue weighted by atomic mass is 10.4. The summed E-state index contributed by atoms with van der Waals surface area (Å²) in [5.74, 6) is 0. The summed E-state index contributed by atoms with van der Waals surface area (Å²) in [5.41, 5.74) is 9.00. The van der Waals surface area contributed by atoms with Crippen LogP contribution in [0, 0.1) is 0 Å². The van der Waals surface area contributed by atoms with E-state index in [1.165, 1.54) is 14.1 Å². The van der Waals surface area contributed by atoms with Crippen molar-refractivity contribution < 1.29 is 9.47 Å². The van der Waals surface area contributed by atoms with Gasteiger partial charge in [0.15, 0.2) is 0 Å². The number of epoxide rings is 2. The first-order valence-electron chi connectivity index (χ1n) is 5.07. The average molecular weight is 222 g/mol. The number of nitrogens with two attached hydrogens (primary N) is 2. The highest BCUT2D eigenvalue weighted by Gasteiger charge is 2.28. The minimum absolute atomic E-state index is 0. The van der Waals surface area contributed by atoms with E-state index in [-0.39, 0.29) is 7.43 Å². The van der Waals surface area contributed by atoms with Crippen LogP contribution in [0.4, 0.5) is 0 Å². The molecular formula is C11H30N2O2. The zero-order valence-corrected chi connectivity index (χ0v) is 10.3. The van der Waals surface area contributed by atoms with E-state index >= 15 is 0 Å². The molecule has 2 rings (SSSR count). The molecule has 0 spiro atoms. The van der Waals surface area contributed by atoms with E-state index in [4.69, 9.17) is 9.47 Å². The fourth-order valence-corrected chi connectivity index (χ4v) is 0.586. The Hall–Kier alpha value is -0.160. The van der Waals surface area contributed by atoms with Gasteiger partial charge in [0.05, 0.1) is 24.4 Å². The van der Waals surface area contributed by atoms with Crippen molar-refractivity contribution in [3.8, 4) is 0 Å².